The van der Waals surface area contributed by atoms with E-state index in [1.807, 2.05) is 19.2 Å². The van der Waals surface area contributed by atoms with Gasteiger partial charge in [0, 0.05) is 17.1 Å². The van der Waals surface area contributed by atoms with E-state index in [9.17, 15) is 8.42 Å². The summed E-state index contributed by atoms with van der Waals surface area (Å²) in [4.78, 5) is 5.71. The lowest BCUT2D eigenvalue weighted by molar-refractivity contribution is 0.581. The van der Waals surface area contributed by atoms with Gasteiger partial charge < -0.3 is 5.32 Å². The monoisotopic (exact) mass is 323 g/mol. The van der Waals surface area contributed by atoms with Crippen LogP contribution in [0.15, 0.2) is 35.4 Å². The van der Waals surface area contributed by atoms with Crippen molar-refractivity contribution in [1.29, 1.82) is 0 Å². The van der Waals surface area contributed by atoms with Crippen molar-refractivity contribution in [3.05, 3.63) is 40.3 Å². The summed E-state index contributed by atoms with van der Waals surface area (Å²) in [6, 6.07) is 7.07. The van der Waals surface area contributed by atoms with E-state index >= 15 is 0 Å². The second kappa shape index (κ2) is 5.75. The molecule has 1 aliphatic carbocycles. The summed E-state index contributed by atoms with van der Waals surface area (Å²) in [6.45, 7) is 2.52. The molecule has 1 aromatic heterocycles. The Kier molecular flexibility index (Phi) is 3.97. The van der Waals surface area contributed by atoms with Crippen molar-refractivity contribution in [3.8, 4) is 0 Å². The fraction of sp³-hybridized carbons (Fsp3) is 0.357. The first-order valence-electron chi connectivity index (χ1n) is 6.81. The van der Waals surface area contributed by atoms with Crippen molar-refractivity contribution in [2.24, 2.45) is 0 Å². The van der Waals surface area contributed by atoms with Gasteiger partial charge in [-0.1, -0.05) is 12.1 Å². The first-order valence-corrected chi connectivity index (χ1v) is 9.11. The Morgan fingerprint density at radius 3 is 2.76 bits per heavy atom. The van der Waals surface area contributed by atoms with Gasteiger partial charge in [0.25, 0.3) is 0 Å². The van der Waals surface area contributed by atoms with Crippen LogP contribution < -0.4 is 10.0 Å². The van der Waals surface area contributed by atoms with Crippen LogP contribution in [0.2, 0.25) is 0 Å². The van der Waals surface area contributed by atoms with Crippen LogP contribution in [0.25, 0.3) is 0 Å². The number of aryl methyl sites for hydroxylation is 1. The van der Waals surface area contributed by atoms with E-state index in [0.29, 0.717) is 17.1 Å². The van der Waals surface area contributed by atoms with Crippen molar-refractivity contribution >= 4 is 27.0 Å². The van der Waals surface area contributed by atoms with Gasteiger partial charge in [-0.05, 0) is 31.9 Å². The fourth-order valence-electron chi connectivity index (χ4n) is 1.99. The molecule has 7 heteroatoms. The van der Waals surface area contributed by atoms with E-state index in [-0.39, 0.29) is 6.04 Å². The van der Waals surface area contributed by atoms with Gasteiger partial charge >= 0.3 is 0 Å². The molecule has 1 fully saturated rings. The number of rotatable bonds is 6. The standard InChI is InChI=1S/C14H17N3O2S2/c1-10-8-16-14(20-10)9-15-12-4-2-3-5-13(12)21(18,19)17-11-6-7-11/h2-5,8,11,15,17H,6-7,9H2,1H3. The van der Waals surface area contributed by atoms with Gasteiger partial charge in [-0.3, -0.25) is 0 Å². The molecule has 0 radical (unpaired) electrons. The number of aromatic nitrogens is 1. The van der Waals surface area contributed by atoms with Crippen LogP contribution >= 0.6 is 11.3 Å². The zero-order valence-corrected chi connectivity index (χ0v) is 13.3. The molecule has 0 unspecified atom stereocenters. The summed E-state index contributed by atoms with van der Waals surface area (Å²) in [5, 5.41) is 4.11. The van der Waals surface area contributed by atoms with Crippen molar-refractivity contribution in [1.82, 2.24) is 9.71 Å². The SMILES string of the molecule is Cc1cnc(CNc2ccccc2S(=O)(=O)NC2CC2)s1. The summed E-state index contributed by atoms with van der Waals surface area (Å²) >= 11 is 1.60. The highest BCUT2D eigenvalue weighted by atomic mass is 32.2. The number of hydrogen-bond donors (Lipinski definition) is 2. The van der Waals surface area contributed by atoms with E-state index in [4.69, 9.17) is 0 Å². The lowest BCUT2D eigenvalue weighted by Gasteiger charge is -2.12. The summed E-state index contributed by atoms with van der Waals surface area (Å²) < 4.78 is 27.4. The lowest BCUT2D eigenvalue weighted by Crippen LogP contribution is -2.26. The van der Waals surface area contributed by atoms with Gasteiger partial charge in [-0.2, -0.15) is 0 Å². The van der Waals surface area contributed by atoms with E-state index in [2.05, 4.69) is 15.0 Å². The quantitative estimate of drug-likeness (QED) is 0.857. The van der Waals surface area contributed by atoms with E-state index in [1.165, 1.54) is 0 Å². The zero-order valence-electron chi connectivity index (χ0n) is 11.7. The molecule has 1 saturated carbocycles. The van der Waals surface area contributed by atoms with E-state index in [0.717, 1.165) is 22.7 Å². The van der Waals surface area contributed by atoms with Gasteiger partial charge in [0.05, 0.1) is 12.2 Å². The first kappa shape index (κ1) is 14.5. The van der Waals surface area contributed by atoms with Crippen molar-refractivity contribution in [2.75, 3.05) is 5.32 Å². The molecule has 3 rings (SSSR count). The van der Waals surface area contributed by atoms with Gasteiger partial charge in [0.2, 0.25) is 10.0 Å². The number of thiazole rings is 1. The molecule has 1 aliphatic rings. The maximum absolute atomic E-state index is 12.4. The number of nitrogens with zero attached hydrogens (tertiary/aromatic N) is 1. The van der Waals surface area contributed by atoms with Crippen molar-refractivity contribution in [2.45, 2.75) is 37.2 Å². The van der Waals surface area contributed by atoms with Crippen LogP contribution in [-0.4, -0.2) is 19.4 Å². The Balaban J connectivity index is 1.78. The molecule has 21 heavy (non-hydrogen) atoms. The number of nitrogens with one attached hydrogen (secondary N) is 2. The minimum atomic E-state index is -3.46. The van der Waals surface area contributed by atoms with Gasteiger partial charge in [0.15, 0.2) is 0 Å². The molecule has 0 bridgehead atoms. The van der Waals surface area contributed by atoms with Crippen molar-refractivity contribution in [3.63, 3.8) is 0 Å². The number of hydrogen-bond acceptors (Lipinski definition) is 5. The molecule has 0 amide bonds. The molecule has 2 aromatic rings. The average Bonchev–Trinajstić information content (AvgIpc) is 3.15. The number of sulfonamides is 1. The van der Waals surface area contributed by atoms with E-state index in [1.54, 1.807) is 29.5 Å². The number of benzene rings is 1. The molecular formula is C14H17N3O2S2. The molecule has 1 heterocycles. The average molecular weight is 323 g/mol. The van der Waals surface area contributed by atoms with Crippen LogP contribution in [0.4, 0.5) is 5.69 Å². The molecule has 0 aliphatic heterocycles. The topological polar surface area (TPSA) is 71.1 Å². The Morgan fingerprint density at radius 2 is 2.10 bits per heavy atom. The van der Waals surface area contributed by atoms with Crippen molar-refractivity contribution < 1.29 is 8.42 Å². The van der Waals surface area contributed by atoms with Crippen LogP contribution in [0, 0.1) is 6.92 Å². The van der Waals surface area contributed by atoms with Crippen LogP contribution in [0.1, 0.15) is 22.7 Å². The molecule has 1 aromatic carbocycles. The smallest absolute Gasteiger partial charge is 0.242 e. The van der Waals surface area contributed by atoms with Gasteiger partial charge in [0.1, 0.15) is 9.90 Å². The Labute approximate surface area is 128 Å². The minimum absolute atomic E-state index is 0.102. The third kappa shape index (κ3) is 3.61. The second-order valence-corrected chi connectivity index (χ2v) is 8.11. The predicted molar refractivity (Wildman–Crippen MR) is 84.0 cm³/mol. The normalized spacial score (nSPS) is 15.1. The maximum atomic E-state index is 12.4. The lowest BCUT2D eigenvalue weighted by atomic mass is 10.3. The molecular weight excluding hydrogens is 306 g/mol. The fourth-order valence-corrected chi connectivity index (χ4v) is 4.20. The van der Waals surface area contributed by atoms with Crippen LogP contribution in [0.3, 0.4) is 0 Å². The Hall–Kier alpha value is -1.44. The largest absolute Gasteiger partial charge is 0.377 e. The number of anilines is 1. The molecule has 2 N–H and O–H groups in total. The second-order valence-electron chi connectivity index (χ2n) is 5.11. The van der Waals surface area contributed by atoms with Crippen LogP contribution in [0.5, 0.6) is 0 Å². The summed E-state index contributed by atoms with van der Waals surface area (Å²) in [5.74, 6) is 0. The number of para-hydroxylation sites is 1. The van der Waals surface area contributed by atoms with Crippen LogP contribution in [-0.2, 0) is 16.6 Å². The molecule has 112 valence electrons. The third-order valence-electron chi connectivity index (χ3n) is 3.17. The first-order chi connectivity index (χ1) is 10.0. The zero-order chi connectivity index (χ0) is 14.9. The Morgan fingerprint density at radius 1 is 1.33 bits per heavy atom. The van der Waals surface area contributed by atoms with Gasteiger partial charge in [-0.25, -0.2) is 18.1 Å². The van der Waals surface area contributed by atoms with Gasteiger partial charge in [-0.15, -0.1) is 11.3 Å². The molecule has 0 atom stereocenters. The predicted octanol–water partition coefficient (Wildman–Crippen LogP) is 2.50. The summed E-state index contributed by atoms with van der Waals surface area (Å²) in [6.07, 6.45) is 3.67. The molecule has 0 saturated heterocycles. The highest BCUT2D eigenvalue weighted by molar-refractivity contribution is 7.89. The summed E-state index contributed by atoms with van der Waals surface area (Å²) in [7, 11) is -3.46. The Bertz CT molecular complexity index is 736. The highest BCUT2D eigenvalue weighted by Gasteiger charge is 2.29. The highest BCUT2D eigenvalue weighted by Crippen LogP contribution is 2.26. The molecule has 0 spiro atoms. The molecule has 5 nitrogen and oxygen atoms in total. The third-order valence-corrected chi connectivity index (χ3v) is 5.67. The minimum Gasteiger partial charge on any atom is -0.377 e. The maximum Gasteiger partial charge on any atom is 0.242 e. The summed E-state index contributed by atoms with van der Waals surface area (Å²) in [5.41, 5.74) is 0.610. The van der Waals surface area contributed by atoms with E-state index < -0.39 is 10.0 Å².